The van der Waals surface area contributed by atoms with Crippen LogP contribution in [0.1, 0.15) is 31.1 Å². The first-order chi connectivity index (χ1) is 7.26. The molecular formula is C13H20FNO. The average molecular weight is 225 g/mol. The van der Waals surface area contributed by atoms with Gasteiger partial charge in [0.2, 0.25) is 0 Å². The van der Waals surface area contributed by atoms with Crippen molar-refractivity contribution in [3.05, 3.63) is 35.1 Å². The number of likely N-dealkylation sites (N-methyl/N-ethyl adjacent to an activating group) is 1. The molecule has 1 aromatic carbocycles. The van der Waals surface area contributed by atoms with Gasteiger partial charge in [0.25, 0.3) is 0 Å². The maximum atomic E-state index is 13.1. The maximum absolute atomic E-state index is 13.1. The fourth-order valence-electron chi connectivity index (χ4n) is 1.49. The van der Waals surface area contributed by atoms with Crippen LogP contribution in [0.2, 0.25) is 0 Å². The first kappa shape index (κ1) is 13.1. The molecule has 0 saturated heterocycles. The van der Waals surface area contributed by atoms with E-state index in [4.69, 9.17) is 0 Å². The van der Waals surface area contributed by atoms with Gasteiger partial charge >= 0.3 is 0 Å². The van der Waals surface area contributed by atoms with Crippen LogP contribution in [0.25, 0.3) is 0 Å². The molecule has 0 fully saturated rings. The Balaban J connectivity index is 3.05. The van der Waals surface area contributed by atoms with Crippen molar-refractivity contribution in [2.24, 2.45) is 0 Å². The van der Waals surface area contributed by atoms with E-state index in [1.807, 2.05) is 32.8 Å². The number of hydrogen-bond donors (Lipinski definition) is 1. The highest BCUT2D eigenvalue weighted by Gasteiger charge is 2.31. The maximum Gasteiger partial charge on any atom is 0.126 e. The molecule has 1 aromatic rings. The van der Waals surface area contributed by atoms with Gasteiger partial charge < -0.3 is 10.0 Å². The summed E-state index contributed by atoms with van der Waals surface area (Å²) in [6.45, 7) is 5.61. The van der Waals surface area contributed by atoms with Crippen LogP contribution in [0, 0.1) is 12.7 Å². The van der Waals surface area contributed by atoms with E-state index < -0.39 is 6.10 Å². The van der Waals surface area contributed by atoms with Crippen molar-refractivity contribution < 1.29 is 9.50 Å². The van der Waals surface area contributed by atoms with Gasteiger partial charge in [-0.15, -0.1) is 0 Å². The molecule has 0 heterocycles. The minimum absolute atomic E-state index is 0.237. The Bertz CT molecular complexity index is 374. The Morgan fingerprint density at radius 3 is 2.31 bits per heavy atom. The molecule has 0 saturated carbocycles. The van der Waals surface area contributed by atoms with E-state index in [9.17, 15) is 9.50 Å². The number of aliphatic hydroxyl groups excluding tert-OH is 1. The highest BCUT2D eigenvalue weighted by molar-refractivity contribution is 5.27. The topological polar surface area (TPSA) is 23.5 Å². The lowest BCUT2D eigenvalue weighted by Gasteiger charge is -2.37. The molecule has 0 aromatic heterocycles. The highest BCUT2D eigenvalue weighted by Crippen LogP contribution is 2.29. The van der Waals surface area contributed by atoms with Crippen molar-refractivity contribution >= 4 is 0 Å². The first-order valence-corrected chi connectivity index (χ1v) is 5.38. The normalized spacial score (nSPS) is 14.2. The third-order valence-electron chi connectivity index (χ3n) is 3.32. The van der Waals surface area contributed by atoms with E-state index >= 15 is 0 Å². The van der Waals surface area contributed by atoms with Gasteiger partial charge in [-0.1, -0.05) is 12.1 Å². The van der Waals surface area contributed by atoms with E-state index in [1.54, 1.807) is 19.1 Å². The molecule has 0 bridgehead atoms. The Morgan fingerprint density at radius 2 is 1.88 bits per heavy atom. The number of hydrogen-bond acceptors (Lipinski definition) is 2. The zero-order valence-electron chi connectivity index (χ0n) is 10.6. The molecule has 3 heteroatoms. The number of aryl methyl sites for hydroxylation is 1. The summed E-state index contributed by atoms with van der Waals surface area (Å²) in [4.78, 5) is 1.95. The SMILES string of the molecule is Cc1cc(C(O)C(C)(C)N(C)C)ccc1F. The Hall–Kier alpha value is -0.930. The molecule has 0 aliphatic rings. The van der Waals surface area contributed by atoms with Crippen molar-refractivity contribution in [3.8, 4) is 0 Å². The molecule has 0 aliphatic carbocycles. The van der Waals surface area contributed by atoms with Crippen molar-refractivity contribution in [2.45, 2.75) is 32.4 Å². The standard InChI is InChI=1S/C13H20FNO/c1-9-8-10(6-7-11(9)14)12(16)13(2,3)15(4)5/h6-8,12,16H,1-5H3. The predicted octanol–water partition coefficient (Wildman–Crippen LogP) is 2.51. The van der Waals surface area contributed by atoms with Crippen LogP contribution in [0.15, 0.2) is 18.2 Å². The zero-order valence-corrected chi connectivity index (χ0v) is 10.6. The van der Waals surface area contributed by atoms with Crippen LogP contribution in [0.3, 0.4) is 0 Å². The quantitative estimate of drug-likeness (QED) is 0.854. The third-order valence-corrected chi connectivity index (χ3v) is 3.32. The van der Waals surface area contributed by atoms with Crippen molar-refractivity contribution in [2.75, 3.05) is 14.1 Å². The smallest absolute Gasteiger partial charge is 0.126 e. The summed E-state index contributed by atoms with van der Waals surface area (Å²) in [5.74, 6) is -0.237. The fourth-order valence-corrected chi connectivity index (χ4v) is 1.49. The summed E-state index contributed by atoms with van der Waals surface area (Å²) in [6, 6.07) is 4.74. The van der Waals surface area contributed by atoms with Gasteiger partial charge in [-0.3, -0.25) is 0 Å². The molecule has 0 amide bonds. The number of benzene rings is 1. The summed E-state index contributed by atoms with van der Waals surface area (Å²) in [5.41, 5.74) is 0.924. The lowest BCUT2D eigenvalue weighted by atomic mass is 9.89. The van der Waals surface area contributed by atoms with Gasteiger partial charge in [-0.05, 0) is 52.1 Å². The Morgan fingerprint density at radius 1 is 1.31 bits per heavy atom. The summed E-state index contributed by atoms with van der Waals surface area (Å²) in [7, 11) is 3.83. The third kappa shape index (κ3) is 2.42. The van der Waals surface area contributed by atoms with Gasteiger partial charge in [0.05, 0.1) is 6.10 Å². The number of nitrogens with zero attached hydrogens (tertiary/aromatic N) is 1. The van der Waals surface area contributed by atoms with E-state index in [-0.39, 0.29) is 11.4 Å². The van der Waals surface area contributed by atoms with Gasteiger partial charge in [-0.25, -0.2) is 4.39 Å². The number of rotatable bonds is 3. The predicted molar refractivity (Wildman–Crippen MR) is 63.9 cm³/mol. The Kier molecular flexibility index (Phi) is 3.71. The second-order valence-corrected chi connectivity index (χ2v) is 4.96. The molecule has 1 rings (SSSR count). The van der Waals surface area contributed by atoms with Crippen LogP contribution in [0.4, 0.5) is 4.39 Å². The number of halogens is 1. The second kappa shape index (κ2) is 4.52. The average Bonchev–Trinajstić information content (AvgIpc) is 2.20. The van der Waals surface area contributed by atoms with E-state index in [2.05, 4.69) is 0 Å². The molecule has 1 N–H and O–H groups in total. The van der Waals surface area contributed by atoms with Crippen LogP contribution in [0.5, 0.6) is 0 Å². The molecule has 1 unspecified atom stereocenters. The van der Waals surface area contributed by atoms with E-state index in [1.165, 1.54) is 6.07 Å². The van der Waals surface area contributed by atoms with E-state index in [0.29, 0.717) is 5.56 Å². The summed E-state index contributed by atoms with van der Waals surface area (Å²) in [5, 5.41) is 10.3. The van der Waals surface area contributed by atoms with Gasteiger partial charge in [-0.2, -0.15) is 0 Å². The minimum Gasteiger partial charge on any atom is -0.386 e. The van der Waals surface area contributed by atoms with Crippen LogP contribution >= 0.6 is 0 Å². The lowest BCUT2D eigenvalue weighted by Crippen LogP contribution is -2.43. The van der Waals surface area contributed by atoms with Crippen LogP contribution < -0.4 is 0 Å². The van der Waals surface area contributed by atoms with Crippen molar-refractivity contribution in [1.82, 2.24) is 4.90 Å². The van der Waals surface area contributed by atoms with Crippen LogP contribution in [-0.2, 0) is 0 Å². The fraction of sp³-hybridized carbons (Fsp3) is 0.538. The van der Waals surface area contributed by atoms with Crippen molar-refractivity contribution in [3.63, 3.8) is 0 Å². The molecule has 16 heavy (non-hydrogen) atoms. The zero-order chi connectivity index (χ0) is 12.5. The summed E-state index contributed by atoms with van der Waals surface area (Å²) in [6.07, 6.45) is -0.637. The molecular weight excluding hydrogens is 205 g/mol. The first-order valence-electron chi connectivity index (χ1n) is 5.38. The summed E-state index contributed by atoms with van der Waals surface area (Å²) >= 11 is 0. The largest absolute Gasteiger partial charge is 0.386 e. The highest BCUT2D eigenvalue weighted by atomic mass is 19.1. The summed E-state index contributed by atoms with van der Waals surface area (Å²) < 4.78 is 13.1. The van der Waals surface area contributed by atoms with Gasteiger partial charge in [0, 0.05) is 5.54 Å². The van der Waals surface area contributed by atoms with Crippen LogP contribution in [-0.4, -0.2) is 29.6 Å². The number of aliphatic hydroxyl groups is 1. The van der Waals surface area contributed by atoms with Gasteiger partial charge in [0.1, 0.15) is 5.82 Å². The molecule has 0 spiro atoms. The molecule has 2 nitrogen and oxygen atoms in total. The Labute approximate surface area is 96.7 Å². The second-order valence-electron chi connectivity index (χ2n) is 4.96. The van der Waals surface area contributed by atoms with E-state index in [0.717, 1.165) is 5.56 Å². The molecule has 0 aliphatic heterocycles. The van der Waals surface area contributed by atoms with Gasteiger partial charge in [0.15, 0.2) is 0 Å². The lowest BCUT2D eigenvalue weighted by molar-refractivity contribution is 0.0163. The monoisotopic (exact) mass is 225 g/mol. The molecule has 90 valence electrons. The minimum atomic E-state index is -0.637. The van der Waals surface area contributed by atoms with Crippen molar-refractivity contribution in [1.29, 1.82) is 0 Å². The molecule has 1 atom stereocenters. The molecule has 0 radical (unpaired) electrons.